The lowest BCUT2D eigenvalue weighted by Crippen LogP contribution is -2.23. The largest absolute Gasteiger partial charge is 0.423 e. The van der Waals surface area contributed by atoms with E-state index in [2.05, 4.69) is 0 Å². The van der Waals surface area contributed by atoms with Gasteiger partial charge in [-0.1, -0.05) is 30.3 Å². The molecule has 0 saturated carbocycles. The first-order valence-electron chi connectivity index (χ1n) is 12.1. The number of rotatable bonds is 6. The Morgan fingerprint density at radius 3 is 2.34 bits per heavy atom. The van der Waals surface area contributed by atoms with E-state index in [0.29, 0.717) is 25.0 Å². The molecule has 0 bridgehead atoms. The average Bonchev–Trinajstić information content (AvgIpc) is 3.74. The van der Waals surface area contributed by atoms with E-state index in [1.807, 2.05) is 0 Å². The molecule has 0 spiro atoms. The summed E-state index contributed by atoms with van der Waals surface area (Å²) in [4.78, 5) is 12.6. The van der Waals surface area contributed by atoms with E-state index in [-0.39, 0.29) is 28.7 Å². The molecule has 0 radical (unpaired) electrons. The van der Waals surface area contributed by atoms with Gasteiger partial charge >= 0.3 is 5.97 Å². The van der Waals surface area contributed by atoms with Crippen molar-refractivity contribution in [3.63, 3.8) is 0 Å². The van der Waals surface area contributed by atoms with Gasteiger partial charge in [0.1, 0.15) is 11.9 Å². The van der Waals surface area contributed by atoms with Crippen molar-refractivity contribution in [1.29, 1.82) is 0 Å². The van der Waals surface area contributed by atoms with Crippen molar-refractivity contribution in [3.05, 3.63) is 94.3 Å². The molecule has 0 amide bonds. The fourth-order valence-electron chi connectivity index (χ4n) is 4.63. The Hall–Kier alpha value is -3.56. The van der Waals surface area contributed by atoms with Gasteiger partial charge in [0.05, 0.1) is 18.6 Å². The number of halogens is 5. The predicted molar refractivity (Wildman–Crippen MR) is 128 cm³/mol. The molecule has 1 heterocycles. The number of hydrogen-bond donors (Lipinski definition) is 1. The first-order chi connectivity index (χ1) is 18.2. The van der Waals surface area contributed by atoms with E-state index >= 15 is 0 Å². The van der Waals surface area contributed by atoms with Crippen molar-refractivity contribution >= 4 is 11.5 Å². The maximum absolute atomic E-state index is 15.0. The summed E-state index contributed by atoms with van der Waals surface area (Å²) in [6.07, 6.45) is 0.989. The zero-order valence-electron chi connectivity index (χ0n) is 20.2. The summed E-state index contributed by atoms with van der Waals surface area (Å²) in [5.41, 5.74) is 0.871. The second kappa shape index (κ2) is 10.3. The van der Waals surface area contributed by atoms with Crippen LogP contribution in [-0.4, -0.2) is 17.7 Å². The third-order valence-electron chi connectivity index (χ3n) is 6.90. The van der Waals surface area contributed by atoms with Crippen LogP contribution in [0.2, 0.25) is 0 Å². The van der Waals surface area contributed by atoms with Crippen LogP contribution in [-0.2, 0) is 9.53 Å². The molecule has 1 N–H and O–H groups in total. The molecular formula is C29H23F5O4. The highest BCUT2D eigenvalue weighted by Gasteiger charge is 2.31. The molecule has 1 fully saturated rings. The lowest BCUT2D eigenvalue weighted by molar-refractivity contribution is -0.139. The Morgan fingerprint density at radius 2 is 1.71 bits per heavy atom. The monoisotopic (exact) mass is 530 g/mol. The Balaban J connectivity index is 1.28. The second-order valence-electron chi connectivity index (χ2n) is 9.43. The van der Waals surface area contributed by atoms with Gasteiger partial charge < -0.3 is 14.6 Å². The van der Waals surface area contributed by atoms with Gasteiger partial charge in [-0.2, -0.15) is 4.39 Å². The minimum Gasteiger partial charge on any atom is -0.423 e. The first-order valence-corrected chi connectivity index (χ1v) is 12.1. The molecule has 9 heteroatoms. The normalized spacial score (nSPS) is 19.6. The summed E-state index contributed by atoms with van der Waals surface area (Å²) in [6, 6.07) is 9.18. The van der Waals surface area contributed by atoms with E-state index in [1.54, 1.807) is 12.1 Å². The van der Waals surface area contributed by atoms with Crippen LogP contribution in [0.4, 0.5) is 22.0 Å². The quantitative estimate of drug-likeness (QED) is 0.162. The van der Waals surface area contributed by atoms with Crippen molar-refractivity contribution in [2.45, 2.75) is 38.4 Å². The minimum absolute atomic E-state index is 0.0813. The van der Waals surface area contributed by atoms with Crippen molar-refractivity contribution in [2.75, 3.05) is 6.61 Å². The highest BCUT2D eigenvalue weighted by Crippen LogP contribution is 2.38. The number of epoxide rings is 1. The molecule has 4 nitrogen and oxygen atoms in total. The second-order valence-corrected chi connectivity index (χ2v) is 9.43. The number of allylic oxidation sites excluding steroid dienone is 2. The number of carbonyl (C=O) groups excluding carboxylic acids is 1. The average molecular weight is 530 g/mol. The van der Waals surface area contributed by atoms with Crippen LogP contribution in [0.3, 0.4) is 0 Å². The maximum Gasteiger partial charge on any atom is 0.314 e. The highest BCUT2D eigenvalue weighted by atomic mass is 19.2. The van der Waals surface area contributed by atoms with E-state index in [0.717, 1.165) is 17.7 Å². The zero-order chi connectivity index (χ0) is 27.1. The fraction of sp³-hybridized carbons (Fsp3) is 0.276. The molecule has 38 heavy (non-hydrogen) atoms. The molecule has 1 saturated heterocycles. The number of aliphatic hydroxyl groups excluding tert-OH is 1. The Bertz CT molecular complexity index is 1450. The van der Waals surface area contributed by atoms with Crippen LogP contribution < -0.4 is 4.74 Å². The summed E-state index contributed by atoms with van der Waals surface area (Å²) in [6.45, 7) is 1.61. The summed E-state index contributed by atoms with van der Waals surface area (Å²) in [5.74, 6) is -7.47. The first kappa shape index (κ1) is 26.1. The Labute approximate surface area is 215 Å². The SMILES string of the molecule is CC(O)c1ccc(OC(=O)C2CC=C(c3ccc(-c4ccc(C5CO5)c(F)c4F)c(F)c3)CC2)c(F)c1F. The van der Waals surface area contributed by atoms with Crippen LogP contribution >= 0.6 is 0 Å². The van der Waals surface area contributed by atoms with E-state index in [9.17, 15) is 31.9 Å². The van der Waals surface area contributed by atoms with Crippen molar-refractivity contribution < 1.29 is 41.3 Å². The molecule has 3 atom stereocenters. The molecule has 3 aromatic carbocycles. The van der Waals surface area contributed by atoms with Gasteiger partial charge in [0.15, 0.2) is 23.2 Å². The lowest BCUT2D eigenvalue weighted by atomic mass is 9.86. The van der Waals surface area contributed by atoms with Gasteiger partial charge in [0, 0.05) is 22.3 Å². The number of ether oxygens (including phenoxy) is 2. The topological polar surface area (TPSA) is 59.1 Å². The van der Waals surface area contributed by atoms with E-state index in [4.69, 9.17) is 9.47 Å². The van der Waals surface area contributed by atoms with Crippen molar-refractivity contribution in [2.24, 2.45) is 5.92 Å². The van der Waals surface area contributed by atoms with Gasteiger partial charge in [-0.15, -0.1) is 0 Å². The predicted octanol–water partition coefficient (Wildman–Crippen LogP) is 6.96. The Morgan fingerprint density at radius 1 is 0.974 bits per heavy atom. The van der Waals surface area contributed by atoms with E-state index in [1.165, 1.54) is 31.2 Å². The molecule has 0 aromatic heterocycles. The van der Waals surface area contributed by atoms with Gasteiger partial charge in [0.25, 0.3) is 0 Å². The van der Waals surface area contributed by atoms with Crippen LogP contribution in [0.5, 0.6) is 5.75 Å². The number of benzene rings is 3. The molecule has 1 aliphatic heterocycles. The molecule has 1 aliphatic carbocycles. The lowest BCUT2D eigenvalue weighted by Gasteiger charge is -2.21. The highest BCUT2D eigenvalue weighted by molar-refractivity contribution is 5.78. The number of carbonyl (C=O) groups is 1. The van der Waals surface area contributed by atoms with Crippen LogP contribution in [0.15, 0.2) is 48.5 Å². The molecule has 5 rings (SSSR count). The standard InChI is InChI=1S/C29H23F5O4/c1-14(35)18-10-11-23(28(34)25(18)31)38-29(36)16-4-2-15(3-5-16)17-6-7-19(22(30)12-17)20-8-9-21(24-13-37-24)27(33)26(20)32/h2,6-12,14,16,24,35H,3-5,13H2,1H3. The summed E-state index contributed by atoms with van der Waals surface area (Å²) >= 11 is 0. The molecule has 3 aromatic rings. The smallest absolute Gasteiger partial charge is 0.314 e. The third-order valence-corrected chi connectivity index (χ3v) is 6.90. The van der Waals surface area contributed by atoms with E-state index < -0.39 is 58.9 Å². The number of hydrogen-bond acceptors (Lipinski definition) is 4. The molecule has 2 aliphatic rings. The third kappa shape index (κ3) is 4.96. The van der Waals surface area contributed by atoms with Crippen LogP contribution in [0.1, 0.15) is 55.1 Å². The summed E-state index contributed by atoms with van der Waals surface area (Å²) < 4.78 is 82.5. The van der Waals surface area contributed by atoms with Crippen molar-refractivity contribution in [3.8, 4) is 16.9 Å². The van der Waals surface area contributed by atoms with Gasteiger partial charge in [-0.25, -0.2) is 17.6 Å². The Kier molecular flexibility index (Phi) is 7.07. The van der Waals surface area contributed by atoms with Crippen LogP contribution in [0, 0.1) is 35.0 Å². The van der Waals surface area contributed by atoms with Gasteiger partial charge in [0.2, 0.25) is 5.82 Å². The fourth-order valence-corrected chi connectivity index (χ4v) is 4.63. The van der Waals surface area contributed by atoms with Crippen LogP contribution in [0.25, 0.3) is 16.7 Å². The number of aliphatic hydroxyl groups is 1. The molecule has 3 unspecified atom stereocenters. The zero-order valence-corrected chi connectivity index (χ0v) is 20.2. The summed E-state index contributed by atoms with van der Waals surface area (Å²) in [5, 5.41) is 9.49. The minimum atomic E-state index is -1.36. The van der Waals surface area contributed by atoms with Gasteiger partial charge in [-0.3, -0.25) is 4.79 Å². The molecular weight excluding hydrogens is 507 g/mol. The maximum atomic E-state index is 15.0. The van der Waals surface area contributed by atoms with Gasteiger partial charge in [-0.05, 0) is 55.5 Å². The molecule has 198 valence electrons. The summed E-state index contributed by atoms with van der Waals surface area (Å²) in [7, 11) is 0. The van der Waals surface area contributed by atoms with Crippen molar-refractivity contribution in [1.82, 2.24) is 0 Å². The number of esters is 1.